The standard InChI is InChI=1S/C13H16N2O2S/c1-13(2,3)18-7-6-17-12(16)11-5-4-10(8-14)9-15-11/h4-5,9H,6-7H2,1-3H3. The van der Waals surface area contributed by atoms with Crippen LogP contribution < -0.4 is 0 Å². The van der Waals surface area contributed by atoms with Crippen LogP contribution >= 0.6 is 11.8 Å². The summed E-state index contributed by atoms with van der Waals surface area (Å²) in [5, 5.41) is 8.61. The summed E-state index contributed by atoms with van der Waals surface area (Å²) in [6.45, 7) is 6.70. The molecule has 4 nitrogen and oxygen atoms in total. The zero-order valence-electron chi connectivity index (χ0n) is 10.8. The van der Waals surface area contributed by atoms with Crippen LogP contribution in [-0.4, -0.2) is 28.1 Å². The molecule has 0 aliphatic carbocycles. The van der Waals surface area contributed by atoms with Gasteiger partial charge in [0.2, 0.25) is 0 Å². The fraction of sp³-hybridized carbons (Fsp3) is 0.462. The van der Waals surface area contributed by atoms with E-state index in [9.17, 15) is 4.79 Å². The average molecular weight is 264 g/mol. The summed E-state index contributed by atoms with van der Waals surface area (Å²) in [5.74, 6) is 0.305. The molecule has 0 fully saturated rings. The van der Waals surface area contributed by atoms with Gasteiger partial charge in [-0.05, 0) is 12.1 Å². The predicted octanol–water partition coefficient (Wildman–Crippen LogP) is 2.64. The number of nitriles is 1. The molecule has 0 atom stereocenters. The second kappa shape index (κ2) is 6.41. The molecule has 0 spiro atoms. The Hall–Kier alpha value is -1.54. The zero-order chi connectivity index (χ0) is 13.6. The first-order valence-corrected chi connectivity index (χ1v) is 6.58. The number of nitrogens with zero attached hydrogens (tertiary/aromatic N) is 2. The average Bonchev–Trinajstić information content (AvgIpc) is 2.33. The smallest absolute Gasteiger partial charge is 0.356 e. The molecule has 1 heterocycles. The highest BCUT2D eigenvalue weighted by molar-refractivity contribution is 8.00. The molecule has 0 unspecified atom stereocenters. The van der Waals surface area contributed by atoms with Gasteiger partial charge < -0.3 is 4.74 Å². The van der Waals surface area contributed by atoms with E-state index in [1.807, 2.05) is 6.07 Å². The normalized spacial score (nSPS) is 10.8. The van der Waals surface area contributed by atoms with Crippen molar-refractivity contribution in [2.45, 2.75) is 25.5 Å². The Bertz CT molecular complexity index is 444. The van der Waals surface area contributed by atoms with Crippen LogP contribution in [0, 0.1) is 11.3 Å². The van der Waals surface area contributed by atoms with Crippen molar-refractivity contribution in [2.24, 2.45) is 0 Å². The summed E-state index contributed by atoms with van der Waals surface area (Å²) in [4.78, 5) is 15.5. The molecule has 0 radical (unpaired) electrons. The number of rotatable bonds is 4. The minimum absolute atomic E-state index is 0.166. The summed E-state index contributed by atoms with van der Waals surface area (Å²) < 4.78 is 5.26. The fourth-order valence-corrected chi connectivity index (χ4v) is 1.92. The van der Waals surface area contributed by atoms with Crippen LogP contribution in [0.4, 0.5) is 0 Å². The molecule has 0 N–H and O–H groups in total. The number of esters is 1. The number of thioether (sulfide) groups is 1. The van der Waals surface area contributed by atoms with Crippen molar-refractivity contribution in [1.82, 2.24) is 4.98 Å². The summed E-state index contributed by atoms with van der Waals surface area (Å²) >= 11 is 1.74. The van der Waals surface area contributed by atoms with E-state index in [1.54, 1.807) is 17.8 Å². The topological polar surface area (TPSA) is 63.0 Å². The van der Waals surface area contributed by atoms with E-state index in [2.05, 4.69) is 25.8 Å². The van der Waals surface area contributed by atoms with Crippen LogP contribution in [0.25, 0.3) is 0 Å². The molecule has 5 heteroatoms. The number of aromatic nitrogens is 1. The molecular formula is C13H16N2O2S. The molecule has 18 heavy (non-hydrogen) atoms. The van der Waals surface area contributed by atoms with Crippen molar-refractivity contribution >= 4 is 17.7 Å². The van der Waals surface area contributed by atoms with Crippen LogP contribution in [0.1, 0.15) is 36.8 Å². The SMILES string of the molecule is CC(C)(C)SCCOC(=O)c1ccc(C#N)cn1. The predicted molar refractivity (Wildman–Crippen MR) is 71.4 cm³/mol. The van der Waals surface area contributed by atoms with Gasteiger partial charge in [0.15, 0.2) is 0 Å². The molecule has 1 aromatic heterocycles. The maximum Gasteiger partial charge on any atom is 0.356 e. The number of carbonyl (C=O) groups excluding carboxylic acids is 1. The van der Waals surface area contributed by atoms with Gasteiger partial charge in [-0.1, -0.05) is 20.8 Å². The highest BCUT2D eigenvalue weighted by Gasteiger charge is 2.12. The molecule has 0 bridgehead atoms. The first-order valence-electron chi connectivity index (χ1n) is 5.59. The van der Waals surface area contributed by atoms with E-state index in [0.29, 0.717) is 12.2 Å². The zero-order valence-corrected chi connectivity index (χ0v) is 11.6. The quantitative estimate of drug-likeness (QED) is 0.618. The van der Waals surface area contributed by atoms with Gasteiger partial charge in [-0.25, -0.2) is 9.78 Å². The van der Waals surface area contributed by atoms with Gasteiger partial charge in [0.25, 0.3) is 0 Å². The largest absolute Gasteiger partial charge is 0.460 e. The maximum absolute atomic E-state index is 11.6. The molecule has 0 saturated carbocycles. The highest BCUT2D eigenvalue weighted by Crippen LogP contribution is 2.22. The van der Waals surface area contributed by atoms with Crippen molar-refractivity contribution in [3.8, 4) is 6.07 Å². The van der Waals surface area contributed by atoms with Crippen molar-refractivity contribution in [3.05, 3.63) is 29.6 Å². The minimum Gasteiger partial charge on any atom is -0.460 e. The second-order valence-corrected chi connectivity index (χ2v) is 6.56. The lowest BCUT2D eigenvalue weighted by Crippen LogP contribution is -2.14. The lowest BCUT2D eigenvalue weighted by molar-refractivity contribution is 0.0523. The van der Waals surface area contributed by atoms with E-state index in [0.717, 1.165) is 5.75 Å². The number of carbonyl (C=O) groups is 1. The summed E-state index contributed by atoms with van der Waals surface area (Å²) in [5.41, 5.74) is 0.657. The third-order valence-corrected chi connectivity index (χ3v) is 3.19. The first-order chi connectivity index (χ1) is 8.42. The fourth-order valence-electron chi connectivity index (χ4n) is 1.14. The van der Waals surface area contributed by atoms with Gasteiger partial charge in [-0.15, -0.1) is 0 Å². The van der Waals surface area contributed by atoms with Gasteiger partial charge in [0.05, 0.1) is 5.56 Å². The number of ether oxygens (including phenoxy) is 1. The third kappa shape index (κ3) is 5.19. The van der Waals surface area contributed by atoms with Gasteiger partial charge in [-0.2, -0.15) is 17.0 Å². The third-order valence-electron chi connectivity index (χ3n) is 1.95. The molecule has 0 aromatic carbocycles. The summed E-state index contributed by atoms with van der Waals surface area (Å²) in [6, 6.07) is 4.99. The highest BCUT2D eigenvalue weighted by atomic mass is 32.2. The van der Waals surface area contributed by atoms with E-state index in [-0.39, 0.29) is 10.4 Å². The van der Waals surface area contributed by atoms with Crippen LogP contribution in [-0.2, 0) is 4.74 Å². The van der Waals surface area contributed by atoms with Gasteiger partial charge in [-0.3, -0.25) is 0 Å². The Morgan fingerprint density at radius 3 is 2.72 bits per heavy atom. The minimum atomic E-state index is -0.450. The van der Waals surface area contributed by atoms with Crippen molar-refractivity contribution in [2.75, 3.05) is 12.4 Å². The van der Waals surface area contributed by atoms with Gasteiger partial charge in [0, 0.05) is 16.7 Å². The monoisotopic (exact) mass is 264 g/mol. The number of pyridine rings is 1. The number of hydrogen-bond donors (Lipinski definition) is 0. The van der Waals surface area contributed by atoms with Crippen LogP contribution in [0.3, 0.4) is 0 Å². The lowest BCUT2D eigenvalue weighted by atomic mass is 10.3. The Labute approximate surface area is 111 Å². The Kier molecular flexibility index (Phi) is 5.17. The van der Waals surface area contributed by atoms with E-state index in [1.165, 1.54) is 12.3 Å². The Morgan fingerprint density at radius 2 is 2.22 bits per heavy atom. The van der Waals surface area contributed by atoms with Crippen molar-refractivity contribution < 1.29 is 9.53 Å². The van der Waals surface area contributed by atoms with Crippen molar-refractivity contribution in [1.29, 1.82) is 5.26 Å². The summed E-state index contributed by atoms with van der Waals surface area (Å²) in [6.07, 6.45) is 1.36. The number of hydrogen-bond acceptors (Lipinski definition) is 5. The molecule has 1 aromatic rings. The van der Waals surface area contributed by atoms with Crippen LogP contribution in [0.5, 0.6) is 0 Å². The Morgan fingerprint density at radius 1 is 1.50 bits per heavy atom. The van der Waals surface area contributed by atoms with E-state index >= 15 is 0 Å². The van der Waals surface area contributed by atoms with E-state index in [4.69, 9.17) is 10.00 Å². The summed E-state index contributed by atoms with van der Waals surface area (Å²) in [7, 11) is 0. The molecule has 96 valence electrons. The van der Waals surface area contributed by atoms with Gasteiger partial charge >= 0.3 is 5.97 Å². The molecule has 0 aliphatic rings. The molecule has 0 saturated heterocycles. The second-order valence-electron chi connectivity index (χ2n) is 4.64. The van der Waals surface area contributed by atoms with Crippen LogP contribution in [0.2, 0.25) is 0 Å². The maximum atomic E-state index is 11.6. The van der Waals surface area contributed by atoms with Crippen LogP contribution in [0.15, 0.2) is 18.3 Å². The first kappa shape index (κ1) is 14.5. The molecule has 0 amide bonds. The van der Waals surface area contributed by atoms with Crippen molar-refractivity contribution in [3.63, 3.8) is 0 Å². The molecule has 0 aliphatic heterocycles. The Balaban J connectivity index is 2.39. The molecule has 1 rings (SSSR count). The van der Waals surface area contributed by atoms with E-state index < -0.39 is 5.97 Å². The molecular weight excluding hydrogens is 248 g/mol. The lowest BCUT2D eigenvalue weighted by Gasteiger charge is -2.17. The van der Waals surface area contributed by atoms with Gasteiger partial charge in [0.1, 0.15) is 18.4 Å².